The van der Waals surface area contributed by atoms with Gasteiger partial charge in [-0.05, 0) is 43.4 Å². The summed E-state index contributed by atoms with van der Waals surface area (Å²) in [4.78, 5) is 14.7. The molecule has 1 fully saturated rings. The molecule has 3 heteroatoms. The van der Waals surface area contributed by atoms with Crippen molar-refractivity contribution in [1.29, 1.82) is 0 Å². The molecular weight excluding hydrogens is 258 g/mol. The van der Waals surface area contributed by atoms with Gasteiger partial charge in [-0.15, -0.1) is 11.6 Å². The molecule has 2 nitrogen and oxygen atoms in total. The second-order valence-electron chi connectivity index (χ2n) is 5.27. The van der Waals surface area contributed by atoms with Gasteiger partial charge in [0.1, 0.15) is 0 Å². The number of carbonyl (C=O) groups is 1. The van der Waals surface area contributed by atoms with E-state index in [1.807, 2.05) is 24.3 Å². The Morgan fingerprint density at radius 2 is 2.26 bits per heavy atom. The van der Waals surface area contributed by atoms with Crippen molar-refractivity contribution in [3.8, 4) is 0 Å². The van der Waals surface area contributed by atoms with Crippen molar-refractivity contribution < 1.29 is 4.79 Å². The molecule has 104 valence electrons. The number of likely N-dealkylation sites (tertiary alicyclic amines) is 1. The molecule has 0 radical (unpaired) electrons. The fourth-order valence-corrected chi connectivity index (χ4v) is 3.02. The maximum atomic E-state index is 12.6. The van der Waals surface area contributed by atoms with Crippen molar-refractivity contribution in [2.24, 2.45) is 0 Å². The Hall–Kier alpha value is -1.02. The smallest absolute Gasteiger partial charge is 0.254 e. The first kappa shape index (κ1) is 14.4. The summed E-state index contributed by atoms with van der Waals surface area (Å²) in [5.41, 5.74) is 1.79. The number of piperidine rings is 1. The molecule has 0 aromatic heterocycles. The molecule has 19 heavy (non-hydrogen) atoms. The van der Waals surface area contributed by atoms with E-state index in [-0.39, 0.29) is 5.91 Å². The molecule has 1 aromatic rings. The van der Waals surface area contributed by atoms with E-state index in [1.54, 1.807) is 0 Å². The number of hydrogen-bond donors (Lipinski definition) is 0. The van der Waals surface area contributed by atoms with Crippen molar-refractivity contribution >= 4 is 17.5 Å². The van der Waals surface area contributed by atoms with E-state index < -0.39 is 0 Å². The van der Waals surface area contributed by atoms with Crippen LogP contribution in [0.2, 0.25) is 0 Å². The monoisotopic (exact) mass is 279 g/mol. The Bertz CT molecular complexity index is 431. The van der Waals surface area contributed by atoms with Crippen LogP contribution in [0, 0.1) is 0 Å². The van der Waals surface area contributed by atoms with Gasteiger partial charge in [0.25, 0.3) is 5.91 Å². The quantitative estimate of drug-likeness (QED) is 0.756. The lowest BCUT2D eigenvalue weighted by Crippen LogP contribution is -2.43. The number of rotatable bonds is 4. The predicted molar refractivity (Wildman–Crippen MR) is 79.6 cm³/mol. The zero-order valence-electron chi connectivity index (χ0n) is 11.6. The topological polar surface area (TPSA) is 20.3 Å². The third-order valence-electron chi connectivity index (χ3n) is 3.84. The summed E-state index contributed by atoms with van der Waals surface area (Å²) in [5, 5.41) is 0. The van der Waals surface area contributed by atoms with Crippen molar-refractivity contribution in [1.82, 2.24) is 4.90 Å². The third-order valence-corrected chi connectivity index (χ3v) is 4.15. The van der Waals surface area contributed by atoms with E-state index in [2.05, 4.69) is 11.8 Å². The van der Waals surface area contributed by atoms with Gasteiger partial charge in [-0.3, -0.25) is 4.79 Å². The van der Waals surface area contributed by atoms with Crippen LogP contribution in [0.4, 0.5) is 0 Å². The molecule has 1 aliphatic rings. The van der Waals surface area contributed by atoms with Gasteiger partial charge in [0.05, 0.1) is 0 Å². The molecule has 0 spiro atoms. The van der Waals surface area contributed by atoms with Crippen LogP contribution in [0.5, 0.6) is 0 Å². The van der Waals surface area contributed by atoms with E-state index in [0.29, 0.717) is 11.9 Å². The van der Waals surface area contributed by atoms with Crippen LogP contribution in [0.25, 0.3) is 0 Å². The van der Waals surface area contributed by atoms with Gasteiger partial charge >= 0.3 is 0 Å². The first-order chi connectivity index (χ1) is 9.26. The van der Waals surface area contributed by atoms with Gasteiger partial charge in [-0.1, -0.05) is 25.5 Å². The second kappa shape index (κ2) is 6.95. The molecule has 1 saturated heterocycles. The van der Waals surface area contributed by atoms with Crippen molar-refractivity contribution in [3.05, 3.63) is 35.4 Å². The number of nitrogens with zero attached hydrogens (tertiary/aromatic N) is 1. The Morgan fingerprint density at radius 1 is 1.42 bits per heavy atom. The summed E-state index contributed by atoms with van der Waals surface area (Å²) in [5.74, 6) is 0.629. The fraction of sp³-hybridized carbons (Fsp3) is 0.562. The van der Waals surface area contributed by atoms with Crippen molar-refractivity contribution in [3.63, 3.8) is 0 Å². The molecule has 1 amide bonds. The molecule has 0 aliphatic carbocycles. The van der Waals surface area contributed by atoms with Gasteiger partial charge in [0.2, 0.25) is 0 Å². The number of hydrogen-bond acceptors (Lipinski definition) is 1. The SMILES string of the molecule is CCCC1CCCCN1C(=O)c1cccc(CCl)c1. The Morgan fingerprint density at radius 3 is 3.00 bits per heavy atom. The number of benzene rings is 1. The van der Waals surface area contributed by atoms with E-state index in [0.717, 1.165) is 43.4 Å². The minimum Gasteiger partial charge on any atom is -0.336 e. The average molecular weight is 280 g/mol. The van der Waals surface area contributed by atoms with E-state index in [9.17, 15) is 4.79 Å². The molecule has 0 bridgehead atoms. The van der Waals surface area contributed by atoms with Crippen LogP contribution in [0.1, 0.15) is 54.9 Å². The minimum atomic E-state index is 0.171. The lowest BCUT2D eigenvalue weighted by molar-refractivity contribution is 0.0600. The van der Waals surface area contributed by atoms with E-state index in [4.69, 9.17) is 11.6 Å². The first-order valence-corrected chi connectivity index (χ1v) is 7.75. The highest BCUT2D eigenvalue weighted by molar-refractivity contribution is 6.17. The standard InChI is InChI=1S/C16H22ClNO/c1-2-6-15-9-3-4-10-18(15)16(19)14-8-5-7-13(11-14)12-17/h5,7-8,11,15H,2-4,6,9-10,12H2,1H3. The maximum absolute atomic E-state index is 12.6. The third kappa shape index (κ3) is 3.50. The summed E-state index contributed by atoms with van der Waals surface area (Å²) in [6.45, 7) is 3.08. The average Bonchev–Trinajstić information content (AvgIpc) is 2.47. The highest BCUT2D eigenvalue weighted by Gasteiger charge is 2.26. The van der Waals surface area contributed by atoms with Crippen LogP contribution >= 0.6 is 11.6 Å². The summed E-state index contributed by atoms with van der Waals surface area (Å²) in [6.07, 6.45) is 5.77. The molecule has 0 saturated carbocycles. The highest BCUT2D eigenvalue weighted by atomic mass is 35.5. The van der Waals surface area contributed by atoms with Crippen LogP contribution in [0.15, 0.2) is 24.3 Å². The molecule has 2 rings (SSSR count). The zero-order valence-corrected chi connectivity index (χ0v) is 12.3. The fourth-order valence-electron chi connectivity index (χ4n) is 2.85. The van der Waals surface area contributed by atoms with Crippen LogP contribution in [0.3, 0.4) is 0 Å². The minimum absolute atomic E-state index is 0.171. The van der Waals surface area contributed by atoms with Gasteiger partial charge in [0, 0.05) is 24.0 Å². The van der Waals surface area contributed by atoms with Gasteiger partial charge < -0.3 is 4.90 Å². The van der Waals surface area contributed by atoms with Crippen LogP contribution < -0.4 is 0 Å². The highest BCUT2D eigenvalue weighted by Crippen LogP contribution is 2.23. The van der Waals surface area contributed by atoms with Crippen molar-refractivity contribution in [2.45, 2.75) is 50.9 Å². The summed E-state index contributed by atoms with van der Waals surface area (Å²) in [7, 11) is 0. The van der Waals surface area contributed by atoms with Crippen LogP contribution in [-0.2, 0) is 5.88 Å². The van der Waals surface area contributed by atoms with Crippen LogP contribution in [-0.4, -0.2) is 23.4 Å². The Balaban J connectivity index is 2.16. The lowest BCUT2D eigenvalue weighted by atomic mass is 9.97. The van der Waals surface area contributed by atoms with E-state index in [1.165, 1.54) is 6.42 Å². The molecule has 1 heterocycles. The molecule has 1 aliphatic heterocycles. The summed E-state index contributed by atoms with van der Waals surface area (Å²) >= 11 is 5.84. The maximum Gasteiger partial charge on any atom is 0.254 e. The normalized spacial score (nSPS) is 19.5. The number of alkyl halides is 1. The number of halogens is 1. The number of carbonyl (C=O) groups excluding carboxylic acids is 1. The Labute approximate surface area is 120 Å². The molecule has 1 atom stereocenters. The summed E-state index contributed by atoms with van der Waals surface area (Å²) < 4.78 is 0. The Kier molecular flexibility index (Phi) is 5.26. The lowest BCUT2D eigenvalue weighted by Gasteiger charge is -2.36. The van der Waals surface area contributed by atoms with Gasteiger partial charge in [-0.25, -0.2) is 0 Å². The van der Waals surface area contributed by atoms with Gasteiger partial charge in [-0.2, -0.15) is 0 Å². The second-order valence-corrected chi connectivity index (χ2v) is 5.54. The van der Waals surface area contributed by atoms with Crippen molar-refractivity contribution in [2.75, 3.05) is 6.54 Å². The van der Waals surface area contributed by atoms with Gasteiger partial charge in [0.15, 0.2) is 0 Å². The molecule has 1 aromatic carbocycles. The first-order valence-electron chi connectivity index (χ1n) is 7.22. The number of amides is 1. The largest absolute Gasteiger partial charge is 0.336 e. The summed E-state index contributed by atoms with van der Waals surface area (Å²) in [6, 6.07) is 8.13. The molecular formula is C16H22ClNO. The predicted octanol–water partition coefficient (Wildman–Crippen LogP) is 4.22. The zero-order chi connectivity index (χ0) is 13.7. The molecule has 0 N–H and O–H groups in total. The molecule has 1 unspecified atom stereocenters. The van der Waals surface area contributed by atoms with E-state index >= 15 is 0 Å².